The molecule has 16 heavy (non-hydrogen) atoms. The molecule has 0 radical (unpaired) electrons. The van der Waals surface area contributed by atoms with Crippen LogP contribution in [-0.4, -0.2) is 35.5 Å². The Kier molecular flexibility index (Phi) is 4.73. The molecule has 1 aromatic rings. The third-order valence-corrected chi connectivity index (χ3v) is 2.64. The largest absolute Gasteiger partial charge is 0.482 e. The third kappa shape index (κ3) is 3.81. The van der Waals surface area contributed by atoms with Gasteiger partial charge in [-0.1, -0.05) is 0 Å². The highest BCUT2D eigenvalue weighted by Crippen LogP contribution is 2.15. The van der Waals surface area contributed by atoms with Crippen molar-refractivity contribution in [2.24, 2.45) is 0 Å². The van der Waals surface area contributed by atoms with Gasteiger partial charge < -0.3 is 9.64 Å². The van der Waals surface area contributed by atoms with E-state index in [4.69, 9.17) is 4.74 Å². The van der Waals surface area contributed by atoms with Crippen LogP contribution in [0.1, 0.15) is 13.8 Å². The molecule has 0 saturated heterocycles. The molecule has 0 atom stereocenters. The first kappa shape index (κ1) is 13.0. The number of nitrogens with zero attached hydrogens (tertiary/aromatic N) is 2. The number of hydrogen-bond acceptors (Lipinski definition) is 3. The molecular formula is C11H15BrN2O2. The first-order chi connectivity index (χ1) is 7.50. The molecule has 1 aromatic heterocycles. The molecule has 0 fully saturated rings. The molecule has 1 rings (SSSR count). The molecule has 1 heterocycles. The fourth-order valence-electron chi connectivity index (χ4n) is 1.01. The van der Waals surface area contributed by atoms with Crippen LogP contribution >= 0.6 is 15.9 Å². The topological polar surface area (TPSA) is 42.4 Å². The summed E-state index contributed by atoms with van der Waals surface area (Å²) in [6, 6.07) is 1.95. The number of halogens is 1. The van der Waals surface area contributed by atoms with Gasteiger partial charge in [0.2, 0.25) is 0 Å². The van der Waals surface area contributed by atoms with Gasteiger partial charge in [0, 0.05) is 23.8 Å². The molecule has 0 aromatic carbocycles. The van der Waals surface area contributed by atoms with E-state index in [1.54, 1.807) is 30.4 Å². The molecular weight excluding hydrogens is 272 g/mol. The van der Waals surface area contributed by atoms with Crippen LogP contribution in [0.25, 0.3) is 0 Å². The molecule has 0 saturated carbocycles. The highest BCUT2D eigenvalue weighted by atomic mass is 79.9. The van der Waals surface area contributed by atoms with Gasteiger partial charge in [-0.05, 0) is 35.8 Å². The zero-order chi connectivity index (χ0) is 12.1. The summed E-state index contributed by atoms with van der Waals surface area (Å²) in [6.07, 6.45) is 3.24. The summed E-state index contributed by atoms with van der Waals surface area (Å²) in [5, 5.41) is 0. The van der Waals surface area contributed by atoms with E-state index in [-0.39, 0.29) is 18.6 Å². The van der Waals surface area contributed by atoms with E-state index in [0.717, 1.165) is 4.47 Å². The van der Waals surface area contributed by atoms with Gasteiger partial charge in [-0.15, -0.1) is 0 Å². The van der Waals surface area contributed by atoms with E-state index in [2.05, 4.69) is 20.9 Å². The zero-order valence-electron chi connectivity index (χ0n) is 9.61. The van der Waals surface area contributed by atoms with Gasteiger partial charge in [0.25, 0.3) is 5.91 Å². The standard InChI is InChI=1S/C11H15BrN2O2/c1-8(2)14(3)11(15)7-16-10-4-9(12)5-13-6-10/h4-6,8H,7H2,1-3H3. The van der Waals surface area contributed by atoms with Gasteiger partial charge in [-0.25, -0.2) is 0 Å². The van der Waals surface area contributed by atoms with Crippen molar-refractivity contribution in [1.82, 2.24) is 9.88 Å². The van der Waals surface area contributed by atoms with Crippen LogP contribution in [0.4, 0.5) is 0 Å². The number of rotatable bonds is 4. The highest BCUT2D eigenvalue weighted by molar-refractivity contribution is 9.10. The van der Waals surface area contributed by atoms with Gasteiger partial charge in [0.15, 0.2) is 6.61 Å². The van der Waals surface area contributed by atoms with Crippen LogP contribution in [0.2, 0.25) is 0 Å². The minimum Gasteiger partial charge on any atom is -0.482 e. The predicted molar refractivity (Wildman–Crippen MR) is 65.3 cm³/mol. The number of carbonyl (C=O) groups is 1. The maximum absolute atomic E-state index is 11.6. The fraction of sp³-hybridized carbons (Fsp3) is 0.455. The van der Waals surface area contributed by atoms with Gasteiger partial charge >= 0.3 is 0 Å². The van der Waals surface area contributed by atoms with Crippen LogP contribution < -0.4 is 4.74 Å². The number of ether oxygens (including phenoxy) is 1. The zero-order valence-corrected chi connectivity index (χ0v) is 11.2. The maximum atomic E-state index is 11.6. The smallest absolute Gasteiger partial charge is 0.260 e. The maximum Gasteiger partial charge on any atom is 0.260 e. The second-order valence-electron chi connectivity index (χ2n) is 3.73. The molecule has 0 aliphatic carbocycles. The average Bonchev–Trinajstić information content (AvgIpc) is 2.24. The molecule has 1 amide bonds. The van der Waals surface area contributed by atoms with Crippen LogP contribution in [0, 0.1) is 0 Å². The Bertz CT molecular complexity index is 369. The molecule has 5 heteroatoms. The van der Waals surface area contributed by atoms with E-state index in [1.807, 2.05) is 13.8 Å². The lowest BCUT2D eigenvalue weighted by Gasteiger charge is -2.21. The predicted octanol–water partition coefficient (Wildman–Crippen LogP) is 2.09. The molecule has 0 aliphatic heterocycles. The number of likely N-dealkylation sites (N-methyl/N-ethyl adjacent to an activating group) is 1. The highest BCUT2D eigenvalue weighted by Gasteiger charge is 2.12. The Balaban J connectivity index is 2.49. The van der Waals surface area contributed by atoms with Crippen molar-refractivity contribution >= 4 is 21.8 Å². The van der Waals surface area contributed by atoms with Crippen LogP contribution in [0.5, 0.6) is 5.75 Å². The molecule has 0 spiro atoms. The first-order valence-corrected chi connectivity index (χ1v) is 5.79. The van der Waals surface area contributed by atoms with Crippen molar-refractivity contribution in [3.8, 4) is 5.75 Å². The first-order valence-electron chi connectivity index (χ1n) is 4.99. The Morgan fingerprint density at radius 1 is 1.56 bits per heavy atom. The summed E-state index contributed by atoms with van der Waals surface area (Å²) >= 11 is 3.28. The minimum absolute atomic E-state index is 0.0345. The van der Waals surface area contributed by atoms with Gasteiger partial charge in [0.05, 0.1) is 6.20 Å². The number of amides is 1. The van der Waals surface area contributed by atoms with Gasteiger partial charge in [0.1, 0.15) is 5.75 Å². The SMILES string of the molecule is CC(C)N(C)C(=O)COc1cncc(Br)c1. The summed E-state index contributed by atoms with van der Waals surface area (Å²) in [5.74, 6) is 0.537. The lowest BCUT2D eigenvalue weighted by molar-refractivity contribution is -0.133. The van der Waals surface area contributed by atoms with E-state index < -0.39 is 0 Å². The van der Waals surface area contributed by atoms with E-state index >= 15 is 0 Å². The van der Waals surface area contributed by atoms with Gasteiger partial charge in [-0.2, -0.15) is 0 Å². The van der Waals surface area contributed by atoms with Crippen molar-refractivity contribution in [3.63, 3.8) is 0 Å². The summed E-state index contributed by atoms with van der Waals surface area (Å²) in [5.41, 5.74) is 0. The number of hydrogen-bond donors (Lipinski definition) is 0. The minimum atomic E-state index is -0.0463. The lowest BCUT2D eigenvalue weighted by atomic mass is 10.3. The summed E-state index contributed by atoms with van der Waals surface area (Å²) < 4.78 is 6.16. The molecule has 0 unspecified atom stereocenters. The number of pyridine rings is 1. The lowest BCUT2D eigenvalue weighted by Crippen LogP contribution is -2.36. The molecule has 0 aliphatic rings. The average molecular weight is 287 g/mol. The van der Waals surface area contributed by atoms with Crippen molar-refractivity contribution in [2.75, 3.05) is 13.7 Å². The number of aromatic nitrogens is 1. The van der Waals surface area contributed by atoms with E-state index in [0.29, 0.717) is 5.75 Å². The Morgan fingerprint density at radius 2 is 2.25 bits per heavy atom. The van der Waals surface area contributed by atoms with Crippen molar-refractivity contribution in [3.05, 3.63) is 22.9 Å². The van der Waals surface area contributed by atoms with Crippen molar-refractivity contribution in [1.29, 1.82) is 0 Å². The summed E-state index contributed by atoms with van der Waals surface area (Å²) in [6.45, 7) is 3.95. The van der Waals surface area contributed by atoms with Crippen molar-refractivity contribution in [2.45, 2.75) is 19.9 Å². The third-order valence-electron chi connectivity index (χ3n) is 2.21. The van der Waals surface area contributed by atoms with E-state index in [9.17, 15) is 4.79 Å². The summed E-state index contributed by atoms with van der Waals surface area (Å²) in [4.78, 5) is 17.2. The molecule has 88 valence electrons. The Labute approximate surface area is 104 Å². The Hall–Kier alpha value is -1.10. The second-order valence-corrected chi connectivity index (χ2v) is 4.64. The monoisotopic (exact) mass is 286 g/mol. The molecule has 4 nitrogen and oxygen atoms in total. The molecule has 0 N–H and O–H groups in total. The van der Waals surface area contributed by atoms with Crippen LogP contribution in [-0.2, 0) is 4.79 Å². The second kappa shape index (κ2) is 5.84. The normalized spacial score (nSPS) is 10.3. The summed E-state index contributed by atoms with van der Waals surface area (Å²) in [7, 11) is 1.76. The molecule has 0 bridgehead atoms. The number of carbonyl (C=O) groups excluding carboxylic acids is 1. The van der Waals surface area contributed by atoms with Crippen LogP contribution in [0.15, 0.2) is 22.9 Å². The van der Waals surface area contributed by atoms with Crippen molar-refractivity contribution < 1.29 is 9.53 Å². The van der Waals surface area contributed by atoms with E-state index in [1.165, 1.54) is 0 Å². The Morgan fingerprint density at radius 3 is 2.81 bits per heavy atom. The van der Waals surface area contributed by atoms with Crippen LogP contribution in [0.3, 0.4) is 0 Å². The fourth-order valence-corrected chi connectivity index (χ4v) is 1.35. The quantitative estimate of drug-likeness (QED) is 0.851. The van der Waals surface area contributed by atoms with Gasteiger partial charge in [-0.3, -0.25) is 9.78 Å².